The molecule has 3 heteroatoms. The van der Waals surface area contributed by atoms with E-state index in [4.69, 9.17) is 9.31 Å². The molecule has 104 valence electrons. The summed E-state index contributed by atoms with van der Waals surface area (Å²) in [4.78, 5) is 0. The fourth-order valence-corrected chi connectivity index (χ4v) is 2.56. The van der Waals surface area contributed by atoms with Gasteiger partial charge in [-0.15, -0.1) is 0 Å². The van der Waals surface area contributed by atoms with Crippen molar-refractivity contribution < 1.29 is 9.31 Å². The predicted octanol–water partition coefficient (Wildman–Crippen LogP) is 3.22. The Bertz CT molecular complexity index is 476. The van der Waals surface area contributed by atoms with Crippen molar-refractivity contribution in [3.8, 4) is 0 Å². The first-order valence-electron chi connectivity index (χ1n) is 7.00. The summed E-state index contributed by atoms with van der Waals surface area (Å²) in [7, 11) is -0.261. The van der Waals surface area contributed by atoms with Gasteiger partial charge in [0, 0.05) is 0 Å². The molecule has 2 rings (SSSR count). The largest absolute Gasteiger partial charge is 0.495 e. The van der Waals surface area contributed by atoms with Crippen molar-refractivity contribution in [1.82, 2.24) is 0 Å². The van der Waals surface area contributed by atoms with Gasteiger partial charge in [-0.2, -0.15) is 0 Å². The summed E-state index contributed by atoms with van der Waals surface area (Å²) in [5, 5.41) is 0. The number of hydrogen-bond donors (Lipinski definition) is 0. The average Bonchev–Trinajstić information content (AvgIpc) is 2.45. The van der Waals surface area contributed by atoms with Crippen molar-refractivity contribution in [2.75, 3.05) is 0 Å². The van der Waals surface area contributed by atoms with Crippen LogP contribution < -0.4 is 5.46 Å². The third-order valence-electron chi connectivity index (χ3n) is 4.91. The Morgan fingerprint density at radius 3 is 1.53 bits per heavy atom. The summed E-state index contributed by atoms with van der Waals surface area (Å²) in [6.07, 6.45) is 0. The van der Waals surface area contributed by atoms with Crippen LogP contribution in [0, 0.1) is 27.7 Å². The maximum absolute atomic E-state index is 6.20. The van der Waals surface area contributed by atoms with E-state index in [0.717, 1.165) is 0 Å². The van der Waals surface area contributed by atoms with E-state index in [1.54, 1.807) is 0 Å². The summed E-state index contributed by atoms with van der Waals surface area (Å²) in [5.74, 6) is 0. The number of aryl methyl sites for hydroxylation is 2. The van der Waals surface area contributed by atoms with Crippen LogP contribution in [0.4, 0.5) is 0 Å². The van der Waals surface area contributed by atoms with Crippen LogP contribution in [-0.4, -0.2) is 18.3 Å². The first-order chi connectivity index (χ1) is 8.57. The first kappa shape index (κ1) is 14.6. The molecule has 1 aliphatic rings. The highest BCUT2D eigenvalue weighted by atomic mass is 16.7. The molecule has 0 aromatic heterocycles. The molecular weight excluding hydrogens is 235 g/mol. The molecule has 1 aromatic rings. The first-order valence-corrected chi connectivity index (χ1v) is 7.00. The zero-order valence-corrected chi connectivity index (χ0v) is 13.5. The zero-order chi connectivity index (χ0) is 14.6. The molecule has 1 aliphatic heterocycles. The van der Waals surface area contributed by atoms with Gasteiger partial charge in [0.2, 0.25) is 0 Å². The van der Waals surface area contributed by atoms with Gasteiger partial charge in [-0.3, -0.25) is 0 Å². The van der Waals surface area contributed by atoms with E-state index in [1.165, 1.54) is 27.7 Å². The number of benzene rings is 1. The molecule has 0 bridgehead atoms. The van der Waals surface area contributed by atoms with Crippen molar-refractivity contribution in [3.05, 3.63) is 28.3 Å². The Hall–Kier alpha value is -0.795. The quantitative estimate of drug-likeness (QED) is 0.722. The molecule has 0 atom stereocenters. The summed E-state index contributed by atoms with van der Waals surface area (Å²) in [6, 6.07) is 2.24. The second-order valence-corrected chi connectivity index (χ2v) is 6.76. The van der Waals surface area contributed by atoms with Crippen LogP contribution in [0.1, 0.15) is 49.9 Å². The van der Waals surface area contributed by atoms with Crippen molar-refractivity contribution in [2.24, 2.45) is 0 Å². The summed E-state index contributed by atoms with van der Waals surface area (Å²) in [6.45, 7) is 17.0. The van der Waals surface area contributed by atoms with Gasteiger partial charge in [-0.1, -0.05) is 6.07 Å². The molecule has 0 saturated carbocycles. The van der Waals surface area contributed by atoms with Crippen molar-refractivity contribution in [1.29, 1.82) is 0 Å². The van der Waals surface area contributed by atoms with Gasteiger partial charge < -0.3 is 9.31 Å². The van der Waals surface area contributed by atoms with Crippen molar-refractivity contribution in [2.45, 2.75) is 66.6 Å². The predicted molar refractivity (Wildman–Crippen MR) is 81.1 cm³/mol. The van der Waals surface area contributed by atoms with Crippen LogP contribution in [0.3, 0.4) is 0 Å². The topological polar surface area (TPSA) is 18.5 Å². The lowest BCUT2D eigenvalue weighted by atomic mass is 9.71. The Labute approximate surface area is 117 Å². The lowest BCUT2D eigenvalue weighted by molar-refractivity contribution is 0.00578. The van der Waals surface area contributed by atoms with Crippen molar-refractivity contribution in [3.63, 3.8) is 0 Å². The number of rotatable bonds is 1. The van der Waals surface area contributed by atoms with E-state index in [9.17, 15) is 0 Å². The molecule has 2 nitrogen and oxygen atoms in total. The second-order valence-electron chi connectivity index (χ2n) is 6.76. The van der Waals surface area contributed by atoms with Crippen LogP contribution in [-0.2, 0) is 9.31 Å². The van der Waals surface area contributed by atoms with Gasteiger partial charge in [-0.25, -0.2) is 0 Å². The average molecular weight is 260 g/mol. The van der Waals surface area contributed by atoms with Gasteiger partial charge >= 0.3 is 7.12 Å². The summed E-state index contributed by atoms with van der Waals surface area (Å²) >= 11 is 0. The standard InChI is InChI=1S/C16H25BO2/c1-10-9-11(2)13(4)14(12(10)3)17-18-15(5,6)16(7,8)19-17/h9H,1-8H3. The molecule has 19 heavy (non-hydrogen) atoms. The van der Waals surface area contributed by atoms with E-state index in [2.05, 4.69) is 61.5 Å². The zero-order valence-electron chi connectivity index (χ0n) is 13.5. The molecule has 0 aliphatic carbocycles. The molecule has 0 amide bonds. The highest BCUT2D eigenvalue weighted by Crippen LogP contribution is 2.37. The van der Waals surface area contributed by atoms with Gasteiger partial charge in [0.25, 0.3) is 0 Å². The Morgan fingerprint density at radius 1 is 0.789 bits per heavy atom. The smallest absolute Gasteiger partial charge is 0.399 e. The second kappa shape index (κ2) is 4.36. The highest BCUT2D eigenvalue weighted by molar-refractivity contribution is 6.63. The van der Waals surface area contributed by atoms with Crippen LogP contribution in [0.15, 0.2) is 6.07 Å². The normalized spacial score (nSPS) is 20.9. The van der Waals surface area contributed by atoms with Crippen LogP contribution in [0.5, 0.6) is 0 Å². The van der Waals surface area contributed by atoms with Gasteiger partial charge in [0.15, 0.2) is 0 Å². The molecule has 0 N–H and O–H groups in total. The monoisotopic (exact) mass is 260 g/mol. The molecular formula is C16H25BO2. The Balaban J connectivity index is 2.51. The van der Waals surface area contributed by atoms with Gasteiger partial charge in [0.05, 0.1) is 11.2 Å². The van der Waals surface area contributed by atoms with Crippen molar-refractivity contribution >= 4 is 12.6 Å². The molecule has 0 spiro atoms. The van der Waals surface area contributed by atoms with E-state index in [1.807, 2.05) is 0 Å². The minimum Gasteiger partial charge on any atom is -0.399 e. The highest BCUT2D eigenvalue weighted by Gasteiger charge is 2.52. The minimum absolute atomic E-state index is 0.261. The molecule has 1 heterocycles. The third kappa shape index (κ3) is 2.23. The van der Waals surface area contributed by atoms with Crippen LogP contribution >= 0.6 is 0 Å². The lowest BCUT2D eigenvalue weighted by Crippen LogP contribution is -2.41. The molecule has 0 radical (unpaired) electrons. The maximum atomic E-state index is 6.20. The molecule has 1 saturated heterocycles. The summed E-state index contributed by atoms with van der Waals surface area (Å²) in [5.41, 5.74) is 5.79. The van der Waals surface area contributed by atoms with E-state index in [-0.39, 0.29) is 18.3 Å². The van der Waals surface area contributed by atoms with Gasteiger partial charge in [-0.05, 0) is 83.1 Å². The van der Waals surface area contributed by atoms with E-state index in [0.29, 0.717) is 0 Å². The molecule has 1 aromatic carbocycles. The lowest BCUT2D eigenvalue weighted by Gasteiger charge is -2.32. The van der Waals surface area contributed by atoms with E-state index < -0.39 is 0 Å². The van der Waals surface area contributed by atoms with Crippen LogP contribution in [0.2, 0.25) is 0 Å². The fraction of sp³-hybridized carbons (Fsp3) is 0.625. The SMILES string of the molecule is Cc1cc(C)c(C)c(B2OC(C)(C)C(C)(C)O2)c1C. The molecule has 1 fully saturated rings. The van der Waals surface area contributed by atoms with E-state index >= 15 is 0 Å². The molecule has 0 unspecified atom stereocenters. The van der Waals surface area contributed by atoms with Gasteiger partial charge in [0.1, 0.15) is 0 Å². The number of hydrogen-bond acceptors (Lipinski definition) is 2. The Morgan fingerprint density at radius 2 is 1.16 bits per heavy atom. The maximum Gasteiger partial charge on any atom is 0.495 e. The third-order valence-corrected chi connectivity index (χ3v) is 4.91. The minimum atomic E-state index is -0.284. The fourth-order valence-electron chi connectivity index (χ4n) is 2.56. The Kier molecular flexibility index (Phi) is 3.35. The summed E-state index contributed by atoms with van der Waals surface area (Å²) < 4.78 is 12.4. The van der Waals surface area contributed by atoms with Crippen LogP contribution in [0.25, 0.3) is 0 Å².